The van der Waals surface area contributed by atoms with E-state index in [1.807, 2.05) is 6.21 Å². The molecule has 1 aliphatic carbocycles. The second-order valence-corrected chi connectivity index (χ2v) is 2.59. The van der Waals surface area contributed by atoms with Crippen LogP contribution in [0.15, 0.2) is 17.4 Å². The molecule has 2 nitrogen and oxygen atoms in total. The van der Waals surface area contributed by atoms with Gasteiger partial charge >= 0.3 is 0 Å². The van der Waals surface area contributed by atoms with Crippen molar-refractivity contribution in [1.82, 2.24) is 5.32 Å². The average molecular weight is 138 g/mol. The Morgan fingerprint density at radius 3 is 3.00 bits per heavy atom. The van der Waals surface area contributed by atoms with Gasteiger partial charge in [-0.2, -0.15) is 0 Å². The van der Waals surface area contributed by atoms with Crippen molar-refractivity contribution in [3.05, 3.63) is 12.4 Å². The fraction of sp³-hybridized carbons (Fsp3) is 0.625. The van der Waals surface area contributed by atoms with Crippen LogP contribution in [-0.4, -0.2) is 12.3 Å². The minimum atomic E-state index is 0.668. The first-order valence-electron chi connectivity index (χ1n) is 3.81. The van der Waals surface area contributed by atoms with Crippen LogP contribution in [-0.2, 0) is 0 Å². The first-order chi connectivity index (χ1) is 4.83. The first kappa shape index (κ1) is 7.32. The first-order valence-corrected chi connectivity index (χ1v) is 3.81. The molecule has 0 aromatic rings. The van der Waals surface area contributed by atoms with Crippen molar-refractivity contribution in [3.8, 4) is 0 Å². The van der Waals surface area contributed by atoms with Crippen molar-refractivity contribution < 1.29 is 0 Å². The largest absolute Gasteiger partial charge is 0.368 e. The number of aliphatic imine (C=N–C) groups is 1. The van der Waals surface area contributed by atoms with Gasteiger partial charge in [-0.05, 0) is 19.3 Å². The predicted molar refractivity (Wildman–Crippen MR) is 44.1 cm³/mol. The Labute approximate surface area is 62.0 Å². The molecule has 0 unspecified atom stereocenters. The molecule has 0 amide bonds. The fourth-order valence-electron chi connectivity index (χ4n) is 0.702. The Morgan fingerprint density at radius 2 is 2.50 bits per heavy atom. The number of rotatable bonds is 4. The Bertz CT molecular complexity index is 145. The molecule has 0 aliphatic heterocycles. The topological polar surface area (TPSA) is 24.4 Å². The second-order valence-electron chi connectivity index (χ2n) is 2.59. The molecule has 2 heteroatoms. The third-order valence-corrected chi connectivity index (χ3v) is 1.38. The molecular weight excluding hydrogens is 124 g/mol. The summed E-state index contributed by atoms with van der Waals surface area (Å²) in [6.07, 6.45) is 5.41. The van der Waals surface area contributed by atoms with Gasteiger partial charge in [-0.1, -0.05) is 13.5 Å². The molecule has 0 radical (unpaired) electrons. The molecule has 0 saturated heterocycles. The molecule has 0 aromatic heterocycles. The molecule has 0 spiro atoms. The van der Waals surface area contributed by atoms with Crippen molar-refractivity contribution in [2.75, 3.05) is 0 Å². The van der Waals surface area contributed by atoms with E-state index in [2.05, 4.69) is 23.8 Å². The van der Waals surface area contributed by atoms with E-state index in [1.165, 1.54) is 12.8 Å². The van der Waals surface area contributed by atoms with Gasteiger partial charge < -0.3 is 5.32 Å². The van der Waals surface area contributed by atoms with Crippen molar-refractivity contribution in [2.24, 2.45) is 4.99 Å². The van der Waals surface area contributed by atoms with Gasteiger partial charge in [0.2, 0.25) is 0 Å². The third kappa shape index (κ3) is 2.67. The average Bonchev–Trinajstić information content (AvgIpc) is 2.67. The SMILES string of the molecule is C=C(/N=C\CC)NC1CC1. The molecule has 0 bridgehead atoms. The maximum atomic E-state index is 4.09. The van der Waals surface area contributed by atoms with Crippen LogP contribution in [0.5, 0.6) is 0 Å². The molecule has 1 saturated carbocycles. The summed E-state index contributed by atoms with van der Waals surface area (Å²) in [4.78, 5) is 4.09. The molecule has 0 heterocycles. The molecule has 1 rings (SSSR count). The van der Waals surface area contributed by atoms with Crippen LogP contribution < -0.4 is 5.32 Å². The lowest BCUT2D eigenvalue weighted by molar-refractivity contribution is 0.798. The normalized spacial score (nSPS) is 17.7. The number of nitrogens with one attached hydrogen (secondary N) is 1. The summed E-state index contributed by atoms with van der Waals surface area (Å²) in [6.45, 7) is 5.83. The van der Waals surface area contributed by atoms with Crippen molar-refractivity contribution in [2.45, 2.75) is 32.2 Å². The predicted octanol–water partition coefficient (Wildman–Crippen LogP) is 1.69. The van der Waals surface area contributed by atoms with E-state index >= 15 is 0 Å². The summed E-state index contributed by atoms with van der Waals surface area (Å²) < 4.78 is 0. The quantitative estimate of drug-likeness (QED) is 0.587. The van der Waals surface area contributed by atoms with Crippen LogP contribution >= 0.6 is 0 Å². The summed E-state index contributed by atoms with van der Waals surface area (Å²) in [7, 11) is 0. The highest BCUT2D eigenvalue weighted by Crippen LogP contribution is 2.19. The number of hydrogen-bond donors (Lipinski definition) is 1. The van der Waals surface area contributed by atoms with Gasteiger partial charge in [-0.15, -0.1) is 0 Å². The third-order valence-electron chi connectivity index (χ3n) is 1.38. The van der Waals surface area contributed by atoms with Gasteiger partial charge in [-0.3, -0.25) is 0 Å². The van der Waals surface area contributed by atoms with Crippen LogP contribution in [0.25, 0.3) is 0 Å². The lowest BCUT2D eigenvalue weighted by Gasteiger charge is -1.99. The maximum Gasteiger partial charge on any atom is 0.118 e. The van der Waals surface area contributed by atoms with E-state index in [1.54, 1.807) is 0 Å². The summed E-state index contributed by atoms with van der Waals surface area (Å²) in [5.41, 5.74) is 0. The lowest BCUT2D eigenvalue weighted by Crippen LogP contribution is -2.12. The van der Waals surface area contributed by atoms with Gasteiger partial charge in [-0.25, -0.2) is 4.99 Å². The molecule has 1 aliphatic rings. The van der Waals surface area contributed by atoms with Crippen LogP contribution in [0, 0.1) is 0 Å². The minimum absolute atomic E-state index is 0.668. The molecule has 0 atom stereocenters. The van der Waals surface area contributed by atoms with Gasteiger partial charge in [0.05, 0.1) is 0 Å². The molecule has 0 aromatic carbocycles. The number of nitrogens with zero attached hydrogens (tertiary/aromatic N) is 1. The van der Waals surface area contributed by atoms with E-state index in [9.17, 15) is 0 Å². The van der Waals surface area contributed by atoms with Gasteiger partial charge in [0.25, 0.3) is 0 Å². The number of hydrogen-bond acceptors (Lipinski definition) is 2. The van der Waals surface area contributed by atoms with E-state index in [-0.39, 0.29) is 0 Å². The van der Waals surface area contributed by atoms with Gasteiger partial charge in [0.15, 0.2) is 0 Å². The standard InChI is InChI=1S/C8H14N2/c1-3-6-9-7(2)10-8-4-5-8/h6,8,10H,2-5H2,1H3/b9-6-. The van der Waals surface area contributed by atoms with E-state index < -0.39 is 0 Å². The highest BCUT2D eigenvalue weighted by molar-refractivity contribution is 5.58. The molecular formula is C8H14N2. The van der Waals surface area contributed by atoms with Crippen molar-refractivity contribution in [3.63, 3.8) is 0 Å². The monoisotopic (exact) mass is 138 g/mol. The Kier molecular flexibility index (Phi) is 2.49. The molecule has 1 N–H and O–H groups in total. The molecule has 10 heavy (non-hydrogen) atoms. The second kappa shape index (κ2) is 3.40. The van der Waals surface area contributed by atoms with Crippen LogP contribution in [0.2, 0.25) is 0 Å². The zero-order chi connectivity index (χ0) is 7.40. The summed E-state index contributed by atoms with van der Waals surface area (Å²) in [5.74, 6) is 0.810. The zero-order valence-electron chi connectivity index (χ0n) is 6.43. The fourth-order valence-corrected chi connectivity index (χ4v) is 0.702. The van der Waals surface area contributed by atoms with Gasteiger partial charge in [0, 0.05) is 12.3 Å². The summed E-state index contributed by atoms with van der Waals surface area (Å²) in [6, 6.07) is 0.668. The van der Waals surface area contributed by atoms with E-state index in [0.717, 1.165) is 12.2 Å². The Balaban J connectivity index is 2.13. The Hall–Kier alpha value is -0.790. The molecule has 1 fully saturated rings. The Morgan fingerprint density at radius 1 is 1.80 bits per heavy atom. The van der Waals surface area contributed by atoms with Crippen LogP contribution in [0.1, 0.15) is 26.2 Å². The summed E-state index contributed by atoms with van der Waals surface area (Å²) in [5, 5.41) is 3.20. The summed E-state index contributed by atoms with van der Waals surface area (Å²) >= 11 is 0. The van der Waals surface area contributed by atoms with Crippen molar-refractivity contribution >= 4 is 6.21 Å². The van der Waals surface area contributed by atoms with Crippen LogP contribution in [0.4, 0.5) is 0 Å². The highest BCUT2D eigenvalue weighted by Gasteiger charge is 2.20. The van der Waals surface area contributed by atoms with E-state index in [0.29, 0.717) is 6.04 Å². The minimum Gasteiger partial charge on any atom is -0.368 e. The highest BCUT2D eigenvalue weighted by atomic mass is 15.1. The lowest BCUT2D eigenvalue weighted by atomic mass is 10.5. The maximum absolute atomic E-state index is 4.09. The smallest absolute Gasteiger partial charge is 0.118 e. The molecule has 56 valence electrons. The zero-order valence-corrected chi connectivity index (χ0v) is 6.43. The van der Waals surface area contributed by atoms with E-state index in [4.69, 9.17) is 0 Å². The van der Waals surface area contributed by atoms with Crippen molar-refractivity contribution in [1.29, 1.82) is 0 Å². The van der Waals surface area contributed by atoms with Crippen LogP contribution in [0.3, 0.4) is 0 Å². The van der Waals surface area contributed by atoms with Gasteiger partial charge in [0.1, 0.15) is 5.82 Å².